The topological polar surface area (TPSA) is 37.0 Å². The number of nitrogens with one attached hydrogen (secondary N) is 2. The Morgan fingerprint density at radius 3 is 2.86 bits per heavy atom. The molecule has 0 aliphatic heterocycles. The molecule has 0 spiro atoms. The largest absolute Gasteiger partial charge is 0.373 e. The molecule has 0 aliphatic carbocycles. The van der Waals surface area contributed by atoms with Gasteiger partial charge in [-0.25, -0.2) is 4.98 Å². The van der Waals surface area contributed by atoms with Crippen molar-refractivity contribution in [1.82, 2.24) is 10.3 Å². The summed E-state index contributed by atoms with van der Waals surface area (Å²) >= 11 is 0. The first kappa shape index (κ1) is 11.0. The van der Waals surface area contributed by atoms with Crippen molar-refractivity contribution in [2.75, 3.05) is 18.9 Å². The Morgan fingerprint density at radius 1 is 1.43 bits per heavy atom. The van der Waals surface area contributed by atoms with Crippen molar-refractivity contribution < 1.29 is 0 Å². The Bertz CT molecular complexity index is 271. The molecule has 0 bridgehead atoms. The van der Waals surface area contributed by atoms with E-state index in [4.69, 9.17) is 0 Å². The average Bonchev–Trinajstić information content (AvgIpc) is 2.18. The summed E-state index contributed by atoms with van der Waals surface area (Å²) in [6, 6.07) is 4.05. The second-order valence-electron chi connectivity index (χ2n) is 3.79. The van der Waals surface area contributed by atoms with Crippen molar-refractivity contribution in [2.24, 2.45) is 5.92 Å². The smallest absolute Gasteiger partial charge is 0.130 e. The van der Waals surface area contributed by atoms with Gasteiger partial charge in [-0.05, 0) is 18.5 Å². The van der Waals surface area contributed by atoms with Crippen LogP contribution in [0.1, 0.15) is 19.4 Å². The zero-order valence-electron chi connectivity index (χ0n) is 9.17. The summed E-state index contributed by atoms with van der Waals surface area (Å²) in [4.78, 5) is 4.24. The first-order chi connectivity index (χ1) is 6.74. The fourth-order valence-corrected chi connectivity index (χ4v) is 1.30. The van der Waals surface area contributed by atoms with Crippen LogP contribution in [0.4, 0.5) is 5.82 Å². The highest BCUT2D eigenvalue weighted by molar-refractivity contribution is 5.42. The third-order valence-electron chi connectivity index (χ3n) is 2.00. The molecule has 2 N–H and O–H groups in total. The molecule has 1 aromatic heterocycles. The maximum absolute atomic E-state index is 4.24. The molecule has 0 unspecified atom stereocenters. The van der Waals surface area contributed by atoms with Crippen molar-refractivity contribution >= 4 is 5.82 Å². The number of nitrogens with zero attached hydrogens (tertiary/aromatic N) is 1. The van der Waals surface area contributed by atoms with Gasteiger partial charge in [-0.3, -0.25) is 0 Å². The van der Waals surface area contributed by atoms with Gasteiger partial charge < -0.3 is 10.6 Å². The third kappa shape index (κ3) is 3.34. The van der Waals surface area contributed by atoms with E-state index >= 15 is 0 Å². The van der Waals surface area contributed by atoms with Crippen LogP contribution in [0.25, 0.3) is 0 Å². The number of hydrogen-bond acceptors (Lipinski definition) is 3. The van der Waals surface area contributed by atoms with E-state index in [1.807, 2.05) is 13.1 Å². The number of pyridine rings is 1. The monoisotopic (exact) mass is 193 g/mol. The number of aromatic nitrogens is 1. The quantitative estimate of drug-likeness (QED) is 0.749. The third-order valence-corrected chi connectivity index (χ3v) is 2.00. The van der Waals surface area contributed by atoms with Crippen LogP contribution in [0, 0.1) is 5.92 Å². The Hall–Kier alpha value is -1.09. The first-order valence-corrected chi connectivity index (χ1v) is 5.06. The highest BCUT2D eigenvalue weighted by Gasteiger charge is 2.00. The second-order valence-corrected chi connectivity index (χ2v) is 3.79. The van der Waals surface area contributed by atoms with Crippen LogP contribution in [0.15, 0.2) is 18.3 Å². The molecule has 0 amide bonds. The predicted octanol–water partition coefficient (Wildman–Crippen LogP) is 1.87. The van der Waals surface area contributed by atoms with Crippen molar-refractivity contribution in [1.29, 1.82) is 0 Å². The highest BCUT2D eigenvalue weighted by atomic mass is 15.0. The van der Waals surface area contributed by atoms with E-state index in [2.05, 4.69) is 35.5 Å². The van der Waals surface area contributed by atoms with Crippen LogP contribution < -0.4 is 10.6 Å². The standard InChI is InChI=1S/C11H19N3/c1-9(2)7-13-8-10-5-4-6-14-11(10)12-3/h4-6,9,13H,7-8H2,1-3H3,(H,12,14). The van der Waals surface area contributed by atoms with Crippen molar-refractivity contribution in [2.45, 2.75) is 20.4 Å². The molecular formula is C11H19N3. The molecular weight excluding hydrogens is 174 g/mol. The normalized spacial score (nSPS) is 10.6. The molecule has 0 saturated heterocycles. The molecule has 1 rings (SSSR count). The highest BCUT2D eigenvalue weighted by Crippen LogP contribution is 2.09. The lowest BCUT2D eigenvalue weighted by molar-refractivity contribution is 0.552. The van der Waals surface area contributed by atoms with E-state index in [-0.39, 0.29) is 0 Å². The number of anilines is 1. The van der Waals surface area contributed by atoms with Gasteiger partial charge in [0.05, 0.1) is 0 Å². The lowest BCUT2D eigenvalue weighted by atomic mass is 10.2. The van der Waals surface area contributed by atoms with Gasteiger partial charge in [-0.15, -0.1) is 0 Å². The second kappa shape index (κ2) is 5.60. The van der Waals surface area contributed by atoms with E-state index in [1.165, 1.54) is 5.56 Å². The van der Waals surface area contributed by atoms with Gasteiger partial charge in [0.2, 0.25) is 0 Å². The molecule has 78 valence electrons. The van der Waals surface area contributed by atoms with Gasteiger partial charge in [0.15, 0.2) is 0 Å². The molecule has 0 aliphatic rings. The van der Waals surface area contributed by atoms with E-state index in [0.29, 0.717) is 5.92 Å². The zero-order valence-corrected chi connectivity index (χ0v) is 9.17. The van der Waals surface area contributed by atoms with Crippen LogP contribution >= 0.6 is 0 Å². The Labute approximate surface area is 85.9 Å². The van der Waals surface area contributed by atoms with Crippen LogP contribution in [-0.4, -0.2) is 18.6 Å². The van der Waals surface area contributed by atoms with Crippen LogP contribution in [0.3, 0.4) is 0 Å². The fraction of sp³-hybridized carbons (Fsp3) is 0.545. The van der Waals surface area contributed by atoms with Gasteiger partial charge >= 0.3 is 0 Å². The van der Waals surface area contributed by atoms with Crippen LogP contribution in [0.2, 0.25) is 0 Å². The minimum Gasteiger partial charge on any atom is -0.373 e. The van der Waals surface area contributed by atoms with Gasteiger partial charge in [-0.1, -0.05) is 19.9 Å². The maximum atomic E-state index is 4.24. The Morgan fingerprint density at radius 2 is 2.21 bits per heavy atom. The summed E-state index contributed by atoms with van der Waals surface area (Å²) in [5, 5.41) is 6.48. The van der Waals surface area contributed by atoms with E-state index in [1.54, 1.807) is 6.20 Å². The zero-order chi connectivity index (χ0) is 10.4. The molecule has 0 radical (unpaired) electrons. The molecule has 1 heterocycles. The predicted molar refractivity (Wildman–Crippen MR) is 60.3 cm³/mol. The summed E-state index contributed by atoms with van der Waals surface area (Å²) in [7, 11) is 1.90. The molecule has 0 saturated carbocycles. The number of hydrogen-bond donors (Lipinski definition) is 2. The molecule has 0 atom stereocenters. The van der Waals surface area contributed by atoms with Crippen molar-refractivity contribution in [3.05, 3.63) is 23.9 Å². The first-order valence-electron chi connectivity index (χ1n) is 5.06. The lowest BCUT2D eigenvalue weighted by Gasteiger charge is -2.10. The van der Waals surface area contributed by atoms with Gasteiger partial charge in [0, 0.05) is 25.4 Å². The Kier molecular flexibility index (Phi) is 4.40. The number of rotatable bonds is 5. The fourth-order valence-electron chi connectivity index (χ4n) is 1.30. The summed E-state index contributed by atoms with van der Waals surface area (Å²) < 4.78 is 0. The van der Waals surface area contributed by atoms with E-state index < -0.39 is 0 Å². The average molecular weight is 193 g/mol. The van der Waals surface area contributed by atoms with Crippen molar-refractivity contribution in [3.8, 4) is 0 Å². The minimum absolute atomic E-state index is 0.685. The Balaban J connectivity index is 2.49. The molecule has 3 nitrogen and oxygen atoms in total. The summed E-state index contributed by atoms with van der Waals surface area (Å²) in [5.74, 6) is 1.65. The molecule has 14 heavy (non-hydrogen) atoms. The minimum atomic E-state index is 0.685. The lowest BCUT2D eigenvalue weighted by Crippen LogP contribution is -2.19. The van der Waals surface area contributed by atoms with Gasteiger partial charge in [-0.2, -0.15) is 0 Å². The molecule has 0 fully saturated rings. The summed E-state index contributed by atoms with van der Waals surface area (Å²) in [5.41, 5.74) is 1.22. The van der Waals surface area contributed by atoms with Crippen LogP contribution in [-0.2, 0) is 6.54 Å². The molecule has 0 aromatic carbocycles. The van der Waals surface area contributed by atoms with E-state index in [0.717, 1.165) is 18.9 Å². The van der Waals surface area contributed by atoms with Crippen LogP contribution in [0.5, 0.6) is 0 Å². The van der Waals surface area contributed by atoms with Gasteiger partial charge in [0.1, 0.15) is 5.82 Å². The van der Waals surface area contributed by atoms with Gasteiger partial charge in [0.25, 0.3) is 0 Å². The summed E-state index contributed by atoms with van der Waals surface area (Å²) in [6.07, 6.45) is 1.80. The summed E-state index contributed by atoms with van der Waals surface area (Å²) in [6.45, 7) is 6.32. The van der Waals surface area contributed by atoms with E-state index in [9.17, 15) is 0 Å². The molecule has 1 aromatic rings. The molecule has 3 heteroatoms. The SMILES string of the molecule is CNc1ncccc1CNCC(C)C. The maximum Gasteiger partial charge on any atom is 0.130 e. The van der Waals surface area contributed by atoms with Crippen molar-refractivity contribution in [3.63, 3.8) is 0 Å².